The Labute approximate surface area is 166 Å². The minimum absolute atomic E-state index is 0.0938. The zero-order chi connectivity index (χ0) is 19.9. The van der Waals surface area contributed by atoms with Crippen LogP contribution in [0.4, 0.5) is 11.4 Å². The number of hydrogen-bond acceptors (Lipinski definition) is 6. The molecule has 0 bridgehead atoms. The van der Waals surface area contributed by atoms with E-state index in [2.05, 4.69) is 45.3 Å². The molecule has 1 fully saturated rings. The molecule has 28 heavy (non-hydrogen) atoms. The summed E-state index contributed by atoms with van der Waals surface area (Å²) in [6, 6.07) is 8.05. The molecule has 0 saturated carbocycles. The van der Waals surface area contributed by atoms with Crippen LogP contribution >= 0.6 is 0 Å². The van der Waals surface area contributed by atoms with Crippen LogP contribution in [-0.2, 0) is 7.05 Å². The SMILES string of the molecule is CCOc1cc(C)ccc1N1CCN(CCCNc2cnn(C)c(=O)c2)CC1. The molecule has 1 aromatic carbocycles. The summed E-state index contributed by atoms with van der Waals surface area (Å²) < 4.78 is 7.17. The number of piperazine rings is 1. The molecule has 0 amide bonds. The summed E-state index contributed by atoms with van der Waals surface area (Å²) >= 11 is 0. The Morgan fingerprint density at radius 3 is 2.68 bits per heavy atom. The standard InChI is InChI=1S/C21H31N5O2/c1-4-28-20-14-17(2)6-7-19(20)26-12-10-25(11-13-26)9-5-8-22-18-15-21(27)24(3)23-16-18/h6-7,14-16,22H,4-5,8-13H2,1-3H3. The number of rotatable bonds is 8. The number of hydrogen-bond donors (Lipinski definition) is 1. The van der Waals surface area contributed by atoms with Gasteiger partial charge in [0.15, 0.2) is 0 Å². The highest BCUT2D eigenvalue weighted by atomic mass is 16.5. The van der Waals surface area contributed by atoms with E-state index in [0.717, 1.165) is 57.1 Å². The van der Waals surface area contributed by atoms with Crippen LogP contribution in [0.5, 0.6) is 5.75 Å². The van der Waals surface area contributed by atoms with Crippen LogP contribution in [0.1, 0.15) is 18.9 Å². The largest absolute Gasteiger partial charge is 0.492 e. The van der Waals surface area contributed by atoms with Gasteiger partial charge in [-0.25, -0.2) is 4.68 Å². The second kappa shape index (κ2) is 9.59. The predicted octanol–water partition coefficient (Wildman–Crippen LogP) is 2.11. The molecule has 0 radical (unpaired) electrons. The summed E-state index contributed by atoms with van der Waals surface area (Å²) in [5.74, 6) is 0.989. The summed E-state index contributed by atoms with van der Waals surface area (Å²) in [6.45, 7) is 10.8. The van der Waals surface area contributed by atoms with Gasteiger partial charge in [-0.05, 0) is 44.5 Å². The molecule has 0 atom stereocenters. The highest BCUT2D eigenvalue weighted by Gasteiger charge is 2.19. The highest BCUT2D eigenvalue weighted by molar-refractivity contribution is 5.60. The van der Waals surface area contributed by atoms with Gasteiger partial charge in [0.25, 0.3) is 5.56 Å². The number of benzene rings is 1. The van der Waals surface area contributed by atoms with Crippen molar-refractivity contribution in [1.82, 2.24) is 14.7 Å². The number of aromatic nitrogens is 2. The third-order valence-electron chi connectivity index (χ3n) is 5.08. The molecule has 2 aromatic rings. The van der Waals surface area contributed by atoms with E-state index in [4.69, 9.17) is 4.74 Å². The molecule has 1 N–H and O–H groups in total. The van der Waals surface area contributed by atoms with Crippen molar-refractivity contribution < 1.29 is 4.74 Å². The molecule has 1 saturated heterocycles. The number of nitrogens with one attached hydrogen (secondary N) is 1. The molecule has 0 spiro atoms. The third-order valence-corrected chi connectivity index (χ3v) is 5.08. The first-order valence-corrected chi connectivity index (χ1v) is 10.0. The Hall–Kier alpha value is -2.54. The third kappa shape index (κ3) is 5.25. The van der Waals surface area contributed by atoms with Crippen LogP contribution < -0.4 is 20.5 Å². The molecule has 2 heterocycles. The summed E-state index contributed by atoms with van der Waals surface area (Å²) in [5, 5.41) is 7.31. The van der Waals surface area contributed by atoms with E-state index in [1.807, 2.05) is 6.92 Å². The predicted molar refractivity (Wildman–Crippen MR) is 114 cm³/mol. The van der Waals surface area contributed by atoms with Crippen LogP contribution in [0.15, 0.2) is 35.3 Å². The molecular weight excluding hydrogens is 354 g/mol. The van der Waals surface area contributed by atoms with Gasteiger partial charge in [-0.2, -0.15) is 5.10 Å². The van der Waals surface area contributed by atoms with Gasteiger partial charge in [0.2, 0.25) is 0 Å². The normalized spacial score (nSPS) is 14.9. The quantitative estimate of drug-likeness (QED) is 0.703. The maximum absolute atomic E-state index is 11.6. The molecule has 1 aliphatic rings. The zero-order valence-electron chi connectivity index (χ0n) is 17.1. The topological polar surface area (TPSA) is 62.6 Å². The summed E-state index contributed by atoms with van der Waals surface area (Å²) in [6.07, 6.45) is 2.72. The molecule has 0 unspecified atom stereocenters. The van der Waals surface area contributed by atoms with Gasteiger partial charge < -0.3 is 15.0 Å². The van der Waals surface area contributed by atoms with Crippen LogP contribution in [0, 0.1) is 6.92 Å². The van der Waals surface area contributed by atoms with Crippen molar-refractivity contribution in [3.63, 3.8) is 0 Å². The Morgan fingerprint density at radius 1 is 1.18 bits per heavy atom. The molecule has 7 heteroatoms. The van der Waals surface area contributed by atoms with E-state index in [0.29, 0.717) is 6.61 Å². The lowest BCUT2D eigenvalue weighted by Gasteiger charge is -2.36. The van der Waals surface area contributed by atoms with Crippen molar-refractivity contribution in [3.8, 4) is 5.75 Å². The number of nitrogens with zero attached hydrogens (tertiary/aromatic N) is 4. The lowest BCUT2D eigenvalue weighted by atomic mass is 10.1. The van der Waals surface area contributed by atoms with Gasteiger partial charge in [0.1, 0.15) is 5.75 Å². The number of ether oxygens (including phenoxy) is 1. The average molecular weight is 386 g/mol. The molecule has 7 nitrogen and oxygen atoms in total. The fourth-order valence-electron chi connectivity index (χ4n) is 3.47. The van der Waals surface area contributed by atoms with E-state index in [1.54, 1.807) is 19.3 Å². The van der Waals surface area contributed by atoms with Crippen molar-refractivity contribution in [2.24, 2.45) is 7.05 Å². The van der Waals surface area contributed by atoms with Gasteiger partial charge in [-0.1, -0.05) is 6.07 Å². The first-order chi connectivity index (χ1) is 13.6. The van der Waals surface area contributed by atoms with Gasteiger partial charge in [-0.15, -0.1) is 0 Å². The highest BCUT2D eigenvalue weighted by Crippen LogP contribution is 2.30. The summed E-state index contributed by atoms with van der Waals surface area (Å²) in [7, 11) is 1.65. The van der Waals surface area contributed by atoms with Crippen molar-refractivity contribution in [2.75, 3.05) is 56.1 Å². The van der Waals surface area contributed by atoms with Crippen LogP contribution in [0.2, 0.25) is 0 Å². The lowest BCUT2D eigenvalue weighted by Crippen LogP contribution is -2.47. The van der Waals surface area contributed by atoms with E-state index in [9.17, 15) is 4.79 Å². The first kappa shape index (κ1) is 20.2. The fraction of sp³-hybridized carbons (Fsp3) is 0.524. The fourth-order valence-corrected chi connectivity index (χ4v) is 3.47. The van der Waals surface area contributed by atoms with Crippen molar-refractivity contribution in [3.05, 3.63) is 46.4 Å². The average Bonchev–Trinajstić information content (AvgIpc) is 2.69. The van der Waals surface area contributed by atoms with Crippen LogP contribution in [-0.4, -0.2) is 60.6 Å². The van der Waals surface area contributed by atoms with Gasteiger partial charge in [0.05, 0.1) is 24.2 Å². The van der Waals surface area contributed by atoms with Crippen molar-refractivity contribution in [2.45, 2.75) is 20.3 Å². The Balaban J connectivity index is 1.43. The maximum Gasteiger partial charge on any atom is 0.268 e. The molecular formula is C21H31N5O2. The summed E-state index contributed by atoms with van der Waals surface area (Å²) in [4.78, 5) is 16.5. The van der Waals surface area contributed by atoms with E-state index < -0.39 is 0 Å². The zero-order valence-corrected chi connectivity index (χ0v) is 17.1. The van der Waals surface area contributed by atoms with E-state index in [1.165, 1.54) is 15.9 Å². The van der Waals surface area contributed by atoms with Crippen LogP contribution in [0.25, 0.3) is 0 Å². The Morgan fingerprint density at radius 2 is 1.96 bits per heavy atom. The minimum atomic E-state index is -0.0938. The maximum atomic E-state index is 11.6. The molecule has 3 rings (SSSR count). The Kier molecular flexibility index (Phi) is 6.92. The van der Waals surface area contributed by atoms with Crippen molar-refractivity contribution in [1.29, 1.82) is 0 Å². The van der Waals surface area contributed by atoms with Crippen LogP contribution in [0.3, 0.4) is 0 Å². The number of aryl methyl sites for hydroxylation is 2. The second-order valence-electron chi connectivity index (χ2n) is 7.22. The summed E-state index contributed by atoms with van der Waals surface area (Å²) in [5.41, 5.74) is 3.12. The van der Waals surface area contributed by atoms with E-state index >= 15 is 0 Å². The van der Waals surface area contributed by atoms with E-state index in [-0.39, 0.29) is 5.56 Å². The Bertz CT molecular complexity index is 828. The monoisotopic (exact) mass is 385 g/mol. The second-order valence-corrected chi connectivity index (χ2v) is 7.22. The van der Waals surface area contributed by atoms with Gasteiger partial charge in [0, 0.05) is 45.8 Å². The minimum Gasteiger partial charge on any atom is -0.492 e. The number of anilines is 2. The lowest BCUT2D eigenvalue weighted by molar-refractivity contribution is 0.256. The molecule has 1 aromatic heterocycles. The molecule has 1 aliphatic heterocycles. The molecule has 0 aliphatic carbocycles. The van der Waals surface area contributed by atoms with Gasteiger partial charge in [-0.3, -0.25) is 9.69 Å². The molecule has 152 valence electrons. The smallest absolute Gasteiger partial charge is 0.268 e. The van der Waals surface area contributed by atoms with Crippen molar-refractivity contribution >= 4 is 11.4 Å². The first-order valence-electron chi connectivity index (χ1n) is 10.0. The van der Waals surface area contributed by atoms with Gasteiger partial charge >= 0.3 is 0 Å².